The number of carbonyl (C=O) groups is 1. The molecule has 2 rings (SSSR count). The molecule has 3 nitrogen and oxygen atoms in total. The van der Waals surface area contributed by atoms with E-state index in [1.165, 1.54) is 24.2 Å². The Kier molecular flexibility index (Phi) is 2.37. The molecule has 1 heterocycles. The van der Waals surface area contributed by atoms with Crippen LogP contribution in [0.15, 0.2) is 18.5 Å². The van der Waals surface area contributed by atoms with Crippen molar-refractivity contribution in [1.29, 1.82) is 0 Å². The Morgan fingerprint density at radius 3 is 3.00 bits per heavy atom. The second kappa shape index (κ2) is 3.53. The lowest BCUT2D eigenvalue weighted by Gasteiger charge is -1.99. The Morgan fingerprint density at radius 1 is 1.71 bits per heavy atom. The predicted octanol–water partition coefficient (Wildman–Crippen LogP) is 2.28. The maximum absolute atomic E-state index is 11.5. The Bertz CT molecular complexity index is 379. The molecule has 1 aromatic rings. The van der Waals surface area contributed by atoms with Crippen molar-refractivity contribution in [1.82, 2.24) is 10.3 Å². The zero-order chi connectivity index (χ0) is 10.1. The zero-order valence-electron chi connectivity index (χ0n) is 8.04. The van der Waals surface area contributed by atoms with Gasteiger partial charge in [-0.3, -0.25) is 4.79 Å². The van der Waals surface area contributed by atoms with E-state index in [2.05, 4.69) is 16.9 Å². The Morgan fingerprint density at radius 2 is 2.43 bits per heavy atom. The average Bonchev–Trinajstić information content (AvgIpc) is 2.82. The number of hydrogen-bond acceptors (Lipinski definition) is 3. The number of rotatable bonds is 3. The molecule has 1 N–H and O–H groups in total. The number of allylic oxidation sites excluding steroid dienone is 1. The van der Waals surface area contributed by atoms with Crippen molar-refractivity contribution in [3.05, 3.63) is 28.4 Å². The summed E-state index contributed by atoms with van der Waals surface area (Å²) >= 11 is 1.49. The molecule has 1 aliphatic rings. The van der Waals surface area contributed by atoms with Crippen molar-refractivity contribution >= 4 is 17.2 Å². The van der Waals surface area contributed by atoms with Gasteiger partial charge in [0.1, 0.15) is 4.88 Å². The molecule has 0 spiro atoms. The van der Waals surface area contributed by atoms with Gasteiger partial charge in [-0.15, -0.1) is 11.3 Å². The lowest BCUT2D eigenvalue weighted by molar-refractivity contribution is 0.0970. The van der Waals surface area contributed by atoms with Crippen molar-refractivity contribution in [3.8, 4) is 0 Å². The maximum atomic E-state index is 11.5. The molecular formula is C10H12N2OS. The monoisotopic (exact) mass is 208 g/mol. The van der Waals surface area contributed by atoms with Gasteiger partial charge in [-0.1, -0.05) is 6.58 Å². The number of amides is 1. The highest BCUT2D eigenvalue weighted by Gasteiger charge is 2.27. The first-order valence-corrected chi connectivity index (χ1v) is 5.41. The minimum atomic E-state index is -0.0955. The molecule has 1 saturated carbocycles. The van der Waals surface area contributed by atoms with Crippen molar-refractivity contribution in [2.75, 3.05) is 0 Å². The number of thiazole rings is 1. The molecule has 0 radical (unpaired) electrons. The number of aromatic nitrogens is 1. The number of nitrogens with one attached hydrogen (secondary N) is 1. The van der Waals surface area contributed by atoms with E-state index in [0.29, 0.717) is 16.5 Å². The summed E-state index contributed by atoms with van der Waals surface area (Å²) in [5.74, 6) is 0.522. The van der Waals surface area contributed by atoms with Crippen LogP contribution in [-0.2, 0) is 0 Å². The molecule has 0 aliphatic heterocycles. The van der Waals surface area contributed by atoms with E-state index in [1.807, 2.05) is 0 Å². The summed E-state index contributed by atoms with van der Waals surface area (Å²) in [6.45, 7) is 5.39. The quantitative estimate of drug-likeness (QED) is 0.828. The number of carbonyl (C=O) groups excluding carboxylic acids is 1. The fourth-order valence-electron chi connectivity index (χ4n) is 1.17. The highest BCUT2D eigenvalue weighted by atomic mass is 32.1. The molecule has 4 heteroatoms. The van der Waals surface area contributed by atoms with Gasteiger partial charge in [0.2, 0.25) is 0 Å². The van der Waals surface area contributed by atoms with Crippen LogP contribution in [0.25, 0.3) is 0 Å². The van der Waals surface area contributed by atoms with E-state index >= 15 is 0 Å². The van der Waals surface area contributed by atoms with Crippen molar-refractivity contribution < 1.29 is 4.79 Å². The van der Waals surface area contributed by atoms with E-state index in [-0.39, 0.29) is 5.91 Å². The first-order valence-electron chi connectivity index (χ1n) is 4.59. The second-order valence-electron chi connectivity index (χ2n) is 3.57. The summed E-state index contributed by atoms with van der Waals surface area (Å²) < 4.78 is 0. The predicted molar refractivity (Wildman–Crippen MR) is 56.4 cm³/mol. The average molecular weight is 208 g/mol. The lowest BCUT2D eigenvalue weighted by atomic mass is 10.4. The van der Waals surface area contributed by atoms with Crippen LogP contribution in [0.1, 0.15) is 40.4 Å². The second-order valence-corrected chi connectivity index (χ2v) is 4.63. The highest BCUT2D eigenvalue weighted by Crippen LogP contribution is 2.41. The molecule has 0 saturated heterocycles. The van der Waals surface area contributed by atoms with Crippen LogP contribution in [0, 0.1) is 0 Å². The van der Waals surface area contributed by atoms with Gasteiger partial charge >= 0.3 is 0 Å². The smallest absolute Gasteiger partial charge is 0.267 e. The van der Waals surface area contributed by atoms with Crippen LogP contribution < -0.4 is 5.32 Å². The summed E-state index contributed by atoms with van der Waals surface area (Å²) in [7, 11) is 0. The third kappa shape index (κ3) is 2.01. The molecule has 1 aliphatic carbocycles. The van der Waals surface area contributed by atoms with Crippen LogP contribution >= 0.6 is 11.3 Å². The van der Waals surface area contributed by atoms with Gasteiger partial charge in [-0.05, 0) is 19.8 Å². The third-order valence-electron chi connectivity index (χ3n) is 2.00. The van der Waals surface area contributed by atoms with Gasteiger partial charge in [0.15, 0.2) is 0 Å². The Balaban J connectivity index is 2.07. The molecule has 0 aromatic carbocycles. The largest absolute Gasteiger partial charge is 0.326 e. The molecule has 1 fully saturated rings. The van der Waals surface area contributed by atoms with Crippen molar-refractivity contribution in [2.24, 2.45) is 0 Å². The Hall–Kier alpha value is -1.16. The molecule has 1 amide bonds. The molecule has 0 bridgehead atoms. The normalized spacial score (nSPS) is 15.2. The fourth-order valence-corrected chi connectivity index (χ4v) is 2.15. The summed E-state index contributed by atoms with van der Waals surface area (Å²) in [5.41, 5.74) is 0.663. The van der Waals surface area contributed by atoms with E-state index in [1.54, 1.807) is 13.1 Å². The summed E-state index contributed by atoms with van der Waals surface area (Å²) in [5, 5.41) is 3.76. The van der Waals surface area contributed by atoms with Crippen LogP contribution in [0.5, 0.6) is 0 Å². The SMILES string of the molecule is C=C(C)NC(=O)c1cnc(C2CC2)s1. The van der Waals surface area contributed by atoms with Gasteiger partial charge in [0.05, 0.1) is 11.2 Å². The summed E-state index contributed by atoms with van der Waals surface area (Å²) in [6.07, 6.45) is 4.08. The topological polar surface area (TPSA) is 42.0 Å². The summed E-state index contributed by atoms with van der Waals surface area (Å²) in [4.78, 5) is 16.4. The van der Waals surface area contributed by atoms with Crippen LogP contribution in [-0.4, -0.2) is 10.9 Å². The molecular weight excluding hydrogens is 196 g/mol. The standard InChI is InChI=1S/C10H12N2OS/c1-6(2)12-9(13)8-5-11-10(14-8)7-3-4-7/h5,7H,1,3-4H2,2H3,(H,12,13). The molecule has 0 unspecified atom stereocenters. The van der Waals surface area contributed by atoms with Gasteiger partial charge in [0.25, 0.3) is 5.91 Å². The first-order chi connectivity index (χ1) is 6.66. The molecule has 14 heavy (non-hydrogen) atoms. The zero-order valence-corrected chi connectivity index (χ0v) is 8.86. The molecule has 1 aromatic heterocycles. The highest BCUT2D eigenvalue weighted by molar-refractivity contribution is 7.13. The van der Waals surface area contributed by atoms with Crippen molar-refractivity contribution in [2.45, 2.75) is 25.7 Å². The van der Waals surface area contributed by atoms with Gasteiger partial charge in [-0.25, -0.2) is 4.98 Å². The van der Waals surface area contributed by atoms with E-state index in [9.17, 15) is 4.79 Å². The van der Waals surface area contributed by atoms with Crippen LogP contribution in [0.4, 0.5) is 0 Å². The van der Waals surface area contributed by atoms with E-state index in [4.69, 9.17) is 0 Å². The van der Waals surface area contributed by atoms with Crippen LogP contribution in [0.2, 0.25) is 0 Å². The molecule has 0 atom stereocenters. The lowest BCUT2D eigenvalue weighted by Crippen LogP contribution is -2.19. The van der Waals surface area contributed by atoms with E-state index < -0.39 is 0 Å². The number of nitrogens with zero attached hydrogens (tertiary/aromatic N) is 1. The number of hydrogen-bond donors (Lipinski definition) is 1. The van der Waals surface area contributed by atoms with Gasteiger partial charge in [-0.2, -0.15) is 0 Å². The first kappa shape index (κ1) is 9.40. The molecule has 74 valence electrons. The van der Waals surface area contributed by atoms with Gasteiger partial charge in [0, 0.05) is 11.6 Å². The summed E-state index contributed by atoms with van der Waals surface area (Å²) in [6, 6.07) is 0. The van der Waals surface area contributed by atoms with E-state index in [0.717, 1.165) is 5.01 Å². The third-order valence-corrected chi connectivity index (χ3v) is 3.16. The van der Waals surface area contributed by atoms with Crippen LogP contribution in [0.3, 0.4) is 0 Å². The maximum Gasteiger partial charge on any atom is 0.267 e. The fraction of sp³-hybridized carbons (Fsp3) is 0.400. The van der Waals surface area contributed by atoms with Gasteiger partial charge < -0.3 is 5.32 Å². The minimum absolute atomic E-state index is 0.0955. The van der Waals surface area contributed by atoms with Crippen molar-refractivity contribution in [3.63, 3.8) is 0 Å². The minimum Gasteiger partial charge on any atom is -0.326 e. The Labute approximate surface area is 86.9 Å².